The van der Waals surface area contributed by atoms with Gasteiger partial charge in [-0.3, -0.25) is 14.4 Å². The highest BCUT2D eigenvalue weighted by molar-refractivity contribution is 5.93. The lowest BCUT2D eigenvalue weighted by Crippen LogP contribution is -2.40. The number of benzene rings is 1. The molecule has 1 amide bonds. The van der Waals surface area contributed by atoms with Gasteiger partial charge in [0.25, 0.3) is 5.91 Å². The van der Waals surface area contributed by atoms with Crippen molar-refractivity contribution in [2.24, 2.45) is 17.8 Å². The van der Waals surface area contributed by atoms with Gasteiger partial charge in [-0.25, -0.2) is 4.39 Å². The van der Waals surface area contributed by atoms with E-state index in [1.807, 2.05) is 0 Å². The van der Waals surface area contributed by atoms with Crippen LogP contribution in [0.15, 0.2) is 24.3 Å². The van der Waals surface area contributed by atoms with Crippen molar-refractivity contribution in [1.29, 1.82) is 0 Å². The van der Waals surface area contributed by atoms with Gasteiger partial charge in [-0.2, -0.15) is 0 Å². The lowest BCUT2D eigenvalue weighted by Gasteiger charge is -2.36. The second-order valence-electron chi connectivity index (χ2n) is 6.53. The number of nitrogens with one attached hydrogen (secondary N) is 1. The number of hydrogen-bond donors (Lipinski definition) is 1. The molecule has 24 heavy (non-hydrogen) atoms. The Morgan fingerprint density at radius 3 is 2.50 bits per heavy atom. The summed E-state index contributed by atoms with van der Waals surface area (Å²) in [7, 11) is 0. The summed E-state index contributed by atoms with van der Waals surface area (Å²) in [5, 5.41) is 2.37. The quantitative estimate of drug-likeness (QED) is 0.860. The minimum atomic E-state index is -0.583. The number of hydrogen-bond acceptors (Lipinski definition) is 4. The maximum Gasteiger partial charge on any atom is 0.309 e. The summed E-state index contributed by atoms with van der Waals surface area (Å²) in [6.07, 6.45) is 3.75. The van der Waals surface area contributed by atoms with Crippen LogP contribution in [0.4, 0.5) is 10.1 Å². The normalized spacial score (nSPS) is 25.9. The number of rotatable bonds is 4. The van der Waals surface area contributed by atoms with E-state index in [1.165, 1.54) is 18.2 Å². The third kappa shape index (κ3) is 3.63. The van der Waals surface area contributed by atoms with Crippen LogP contribution in [0.3, 0.4) is 0 Å². The second kappa shape index (κ2) is 7.11. The predicted molar refractivity (Wildman–Crippen MR) is 84.6 cm³/mol. The Morgan fingerprint density at radius 2 is 1.83 bits per heavy atom. The first kappa shape index (κ1) is 16.6. The molecule has 128 valence electrons. The van der Waals surface area contributed by atoms with Crippen LogP contribution in [0.25, 0.3) is 0 Å². The van der Waals surface area contributed by atoms with Crippen molar-refractivity contribution in [2.75, 3.05) is 11.9 Å². The molecule has 0 aromatic heterocycles. The summed E-state index contributed by atoms with van der Waals surface area (Å²) in [6, 6.07) is 5.79. The molecule has 2 aliphatic rings. The number of fused-ring (bicyclic) bond motifs is 2. The van der Waals surface area contributed by atoms with Gasteiger partial charge in [0.2, 0.25) is 0 Å². The topological polar surface area (TPSA) is 72.5 Å². The third-order valence-corrected chi connectivity index (χ3v) is 4.87. The van der Waals surface area contributed by atoms with Crippen molar-refractivity contribution in [1.82, 2.24) is 0 Å². The monoisotopic (exact) mass is 333 g/mol. The Morgan fingerprint density at radius 1 is 1.17 bits per heavy atom. The maximum atomic E-state index is 13.5. The molecule has 0 aliphatic heterocycles. The van der Waals surface area contributed by atoms with Crippen LogP contribution in [0, 0.1) is 23.6 Å². The molecule has 6 heteroatoms. The van der Waals surface area contributed by atoms with Crippen LogP contribution in [0.2, 0.25) is 0 Å². The summed E-state index contributed by atoms with van der Waals surface area (Å²) in [5.41, 5.74) is 0.0522. The van der Waals surface area contributed by atoms with Gasteiger partial charge in [-0.05, 0) is 37.8 Å². The Labute approximate surface area is 139 Å². The fraction of sp³-hybridized carbons (Fsp3) is 0.500. The molecule has 0 radical (unpaired) electrons. The van der Waals surface area contributed by atoms with Gasteiger partial charge in [-0.1, -0.05) is 18.6 Å². The van der Waals surface area contributed by atoms with Crippen molar-refractivity contribution in [3.05, 3.63) is 30.1 Å². The standard InChI is InChI=1S/C18H20FNO4/c19-14-6-1-2-7-15(14)20-16(21)10-24-18(23)13-8-11-4-3-5-12(9-13)17(11)22/h1-2,6-7,11-13H,3-5,8-10H2,(H,20,21). The fourth-order valence-electron chi connectivity index (χ4n) is 3.68. The zero-order valence-corrected chi connectivity index (χ0v) is 13.3. The number of ether oxygens (including phenoxy) is 1. The largest absolute Gasteiger partial charge is 0.455 e. The van der Waals surface area contributed by atoms with E-state index in [9.17, 15) is 18.8 Å². The average Bonchev–Trinajstić information content (AvgIpc) is 2.54. The van der Waals surface area contributed by atoms with Crippen LogP contribution in [-0.4, -0.2) is 24.3 Å². The third-order valence-electron chi connectivity index (χ3n) is 4.87. The molecule has 2 bridgehead atoms. The first-order chi connectivity index (χ1) is 11.5. The van der Waals surface area contributed by atoms with Crippen molar-refractivity contribution in [2.45, 2.75) is 32.1 Å². The molecule has 0 heterocycles. The molecule has 0 spiro atoms. The summed E-state index contributed by atoms with van der Waals surface area (Å²) in [5.74, 6) is -1.69. The van der Waals surface area contributed by atoms with Gasteiger partial charge in [-0.15, -0.1) is 0 Å². The molecule has 1 N–H and O–H groups in total. The molecule has 3 rings (SSSR count). The molecule has 5 nitrogen and oxygen atoms in total. The Balaban J connectivity index is 1.50. The highest BCUT2D eigenvalue weighted by Crippen LogP contribution is 2.40. The molecular formula is C18H20FNO4. The van der Waals surface area contributed by atoms with Gasteiger partial charge < -0.3 is 10.1 Å². The molecular weight excluding hydrogens is 313 g/mol. The van der Waals surface area contributed by atoms with E-state index in [1.54, 1.807) is 6.07 Å². The molecule has 1 aromatic rings. The maximum absolute atomic E-state index is 13.5. The Hall–Kier alpha value is -2.24. The predicted octanol–water partition coefficient (Wildman–Crippen LogP) is 2.70. The lowest BCUT2D eigenvalue weighted by atomic mass is 9.67. The van der Waals surface area contributed by atoms with Gasteiger partial charge in [0, 0.05) is 11.8 Å². The number of halogens is 1. The van der Waals surface area contributed by atoms with Crippen LogP contribution in [0.1, 0.15) is 32.1 Å². The number of anilines is 1. The fourth-order valence-corrected chi connectivity index (χ4v) is 3.68. The van der Waals surface area contributed by atoms with Crippen molar-refractivity contribution in [3.63, 3.8) is 0 Å². The number of esters is 1. The molecule has 2 aliphatic carbocycles. The van der Waals surface area contributed by atoms with Crippen LogP contribution in [-0.2, 0) is 19.1 Å². The number of carbonyl (C=O) groups is 3. The van der Waals surface area contributed by atoms with E-state index in [0.717, 1.165) is 19.3 Å². The smallest absolute Gasteiger partial charge is 0.309 e. The lowest BCUT2D eigenvalue weighted by molar-refractivity contribution is -0.155. The minimum Gasteiger partial charge on any atom is -0.455 e. The van der Waals surface area contributed by atoms with Gasteiger partial charge in [0.15, 0.2) is 6.61 Å². The van der Waals surface area contributed by atoms with Gasteiger partial charge >= 0.3 is 5.97 Å². The minimum absolute atomic E-state index is 0.0395. The highest BCUT2D eigenvalue weighted by Gasteiger charge is 2.41. The van der Waals surface area contributed by atoms with E-state index in [-0.39, 0.29) is 29.2 Å². The first-order valence-corrected chi connectivity index (χ1v) is 8.29. The van der Waals surface area contributed by atoms with Crippen molar-refractivity contribution in [3.8, 4) is 0 Å². The average molecular weight is 333 g/mol. The second-order valence-corrected chi connectivity index (χ2v) is 6.53. The summed E-state index contributed by atoms with van der Waals surface area (Å²) in [4.78, 5) is 36.0. The molecule has 2 saturated carbocycles. The van der Waals surface area contributed by atoms with E-state index in [0.29, 0.717) is 12.8 Å². The van der Waals surface area contributed by atoms with E-state index in [4.69, 9.17) is 4.74 Å². The van der Waals surface area contributed by atoms with E-state index in [2.05, 4.69) is 5.32 Å². The summed E-state index contributed by atoms with van der Waals surface area (Å²) in [6.45, 7) is -0.451. The SMILES string of the molecule is O=C(COC(=O)C1CC2CCCC(C1)C2=O)Nc1ccccc1F. The van der Waals surface area contributed by atoms with E-state index >= 15 is 0 Å². The Kier molecular flexibility index (Phi) is 4.92. The molecule has 0 saturated heterocycles. The zero-order chi connectivity index (χ0) is 17.1. The van der Waals surface area contributed by atoms with E-state index < -0.39 is 24.3 Å². The van der Waals surface area contributed by atoms with Crippen LogP contribution < -0.4 is 5.32 Å². The number of ketones is 1. The molecule has 2 unspecified atom stereocenters. The number of para-hydroxylation sites is 1. The summed E-state index contributed by atoms with van der Waals surface area (Å²) >= 11 is 0. The highest BCUT2D eigenvalue weighted by atomic mass is 19.1. The Bertz CT molecular complexity index is 644. The zero-order valence-electron chi connectivity index (χ0n) is 13.3. The summed E-state index contributed by atoms with van der Waals surface area (Å²) < 4.78 is 18.5. The van der Waals surface area contributed by atoms with Crippen molar-refractivity contribution < 1.29 is 23.5 Å². The molecule has 2 atom stereocenters. The van der Waals surface area contributed by atoms with Gasteiger partial charge in [0.05, 0.1) is 11.6 Å². The van der Waals surface area contributed by atoms with Gasteiger partial charge in [0.1, 0.15) is 11.6 Å². The van der Waals surface area contributed by atoms with Crippen molar-refractivity contribution >= 4 is 23.3 Å². The van der Waals surface area contributed by atoms with Crippen LogP contribution >= 0.6 is 0 Å². The molecule has 1 aromatic carbocycles. The number of Topliss-reactive ketones (excluding diaryl/α,β-unsaturated/α-hetero) is 1. The number of carbonyl (C=O) groups excluding carboxylic acids is 3. The van der Waals surface area contributed by atoms with Crippen LogP contribution in [0.5, 0.6) is 0 Å². The molecule has 2 fully saturated rings. The number of amides is 1. The first-order valence-electron chi connectivity index (χ1n) is 8.29.